The molecule has 2 aromatic carbocycles. The number of pyridine rings is 1. The van der Waals surface area contributed by atoms with Crippen molar-refractivity contribution in [2.75, 3.05) is 32.5 Å². The van der Waals surface area contributed by atoms with Crippen LogP contribution in [0, 0.1) is 5.92 Å². The molecule has 0 bridgehead atoms. The van der Waals surface area contributed by atoms with Crippen LogP contribution in [0.15, 0.2) is 65.2 Å². The van der Waals surface area contributed by atoms with Gasteiger partial charge < -0.3 is 20.3 Å². The molecule has 0 atom stereocenters. The van der Waals surface area contributed by atoms with Gasteiger partial charge in [0.15, 0.2) is 5.76 Å². The van der Waals surface area contributed by atoms with Gasteiger partial charge in [-0.3, -0.25) is 9.69 Å². The first kappa shape index (κ1) is 22.9. The molecule has 1 saturated heterocycles. The molecule has 0 spiro atoms. The first-order chi connectivity index (χ1) is 17.1. The summed E-state index contributed by atoms with van der Waals surface area (Å²) in [6, 6.07) is 19.2. The monoisotopic (exact) mass is 471 g/mol. The Morgan fingerprint density at radius 1 is 1.14 bits per heavy atom. The fourth-order valence-corrected chi connectivity index (χ4v) is 4.56. The minimum Gasteiger partial charge on any atom is -0.494 e. The van der Waals surface area contributed by atoms with Gasteiger partial charge in [0.25, 0.3) is 5.91 Å². The first-order valence-corrected chi connectivity index (χ1v) is 11.9. The third kappa shape index (κ3) is 5.12. The largest absolute Gasteiger partial charge is 0.494 e. The van der Waals surface area contributed by atoms with Gasteiger partial charge in [0.1, 0.15) is 22.7 Å². The van der Waals surface area contributed by atoms with E-state index in [1.54, 1.807) is 13.2 Å². The second-order valence-corrected chi connectivity index (χ2v) is 8.93. The Morgan fingerprint density at radius 3 is 2.71 bits per heavy atom. The molecule has 5 rings (SSSR count). The second kappa shape index (κ2) is 10.1. The van der Waals surface area contributed by atoms with Crippen molar-refractivity contribution in [2.45, 2.75) is 19.4 Å². The molecule has 1 fully saturated rings. The lowest BCUT2D eigenvalue weighted by atomic mass is 9.96. The van der Waals surface area contributed by atoms with Crippen molar-refractivity contribution in [2.24, 2.45) is 5.92 Å². The highest BCUT2D eigenvalue weighted by atomic mass is 16.5. The highest BCUT2D eigenvalue weighted by Gasteiger charge is 2.22. The van der Waals surface area contributed by atoms with E-state index in [1.165, 1.54) is 0 Å². The smallest absolute Gasteiger partial charge is 0.269 e. The quantitative estimate of drug-likeness (QED) is 0.417. The molecule has 8 nitrogen and oxygen atoms in total. The molecular formula is C27H29N5O3. The van der Waals surface area contributed by atoms with Gasteiger partial charge in [-0.15, -0.1) is 0 Å². The lowest BCUT2D eigenvalue weighted by molar-refractivity contribution is 0.0929. The third-order valence-corrected chi connectivity index (χ3v) is 6.55. The summed E-state index contributed by atoms with van der Waals surface area (Å²) in [4.78, 5) is 19.7. The fourth-order valence-electron chi connectivity index (χ4n) is 4.56. The van der Waals surface area contributed by atoms with Gasteiger partial charge >= 0.3 is 0 Å². The van der Waals surface area contributed by atoms with Gasteiger partial charge in [-0.2, -0.15) is 0 Å². The first-order valence-electron chi connectivity index (χ1n) is 11.9. The summed E-state index contributed by atoms with van der Waals surface area (Å²) in [5.41, 5.74) is 9.50. The van der Waals surface area contributed by atoms with Crippen LogP contribution >= 0.6 is 0 Å². The van der Waals surface area contributed by atoms with Crippen molar-refractivity contribution in [1.29, 1.82) is 0 Å². The van der Waals surface area contributed by atoms with Crippen LogP contribution in [-0.2, 0) is 6.54 Å². The minimum atomic E-state index is -0.220. The maximum absolute atomic E-state index is 12.8. The molecule has 1 aliphatic heterocycles. The molecule has 0 unspecified atom stereocenters. The summed E-state index contributed by atoms with van der Waals surface area (Å²) < 4.78 is 10.9. The molecule has 3 N–H and O–H groups in total. The molecule has 0 aliphatic carbocycles. The predicted octanol–water partition coefficient (Wildman–Crippen LogP) is 4.12. The van der Waals surface area contributed by atoms with E-state index in [4.69, 9.17) is 15.0 Å². The number of carbonyl (C=O) groups is 1. The van der Waals surface area contributed by atoms with Crippen LogP contribution in [0.2, 0.25) is 0 Å². The number of nitrogen functional groups attached to an aromatic ring is 1. The minimum absolute atomic E-state index is 0.220. The van der Waals surface area contributed by atoms with E-state index in [-0.39, 0.29) is 5.91 Å². The van der Waals surface area contributed by atoms with Crippen LogP contribution in [0.1, 0.15) is 29.1 Å². The number of carbonyl (C=O) groups excluding carboxylic acids is 1. The number of likely N-dealkylation sites (tertiary alicyclic amines) is 1. The summed E-state index contributed by atoms with van der Waals surface area (Å²) in [6.07, 6.45) is 2.00. The van der Waals surface area contributed by atoms with E-state index in [2.05, 4.69) is 20.4 Å². The van der Waals surface area contributed by atoms with Gasteiger partial charge in [0.05, 0.1) is 13.7 Å². The number of benzene rings is 2. The summed E-state index contributed by atoms with van der Waals surface area (Å²) in [5, 5.41) is 8.02. The number of nitrogens with two attached hydrogens (primary N) is 1. The van der Waals surface area contributed by atoms with Crippen LogP contribution in [0.25, 0.3) is 22.2 Å². The number of methoxy groups -OCH3 is 1. The van der Waals surface area contributed by atoms with Crippen molar-refractivity contribution >= 4 is 22.5 Å². The Kier molecular flexibility index (Phi) is 6.63. The number of nitrogens with zero attached hydrogens (tertiary/aromatic N) is 3. The topological polar surface area (TPSA) is 107 Å². The second-order valence-electron chi connectivity index (χ2n) is 8.93. The van der Waals surface area contributed by atoms with E-state index < -0.39 is 0 Å². The molecule has 2 aromatic heterocycles. The van der Waals surface area contributed by atoms with Crippen molar-refractivity contribution in [1.82, 2.24) is 20.4 Å². The standard InChI is InChI=1S/C27H29N5O3/c1-34-25-9-5-8-21-22(28)15-24(30-26(21)25)27(33)29-16-18-10-12-32(13-11-18)17-20-14-23(31-35-20)19-6-3-2-4-7-19/h2-9,14-15,18H,10-13,16-17H2,1H3,(H2,28,30)(H,29,33). The SMILES string of the molecule is COc1cccc2c(N)cc(C(=O)NCC3CCN(Cc4cc(-c5ccccc5)no4)CC3)nc12. The van der Waals surface area contributed by atoms with Crippen LogP contribution in [0.4, 0.5) is 5.69 Å². The number of hydrogen-bond donors (Lipinski definition) is 2. The summed E-state index contributed by atoms with van der Waals surface area (Å²) in [5.74, 6) is 1.66. The van der Waals surface area contributed by atoms with E-state index in [0.717, 1.165) is 54.9 Å². The predicted molar refractivity (Wildman–Crippen MR) is 135 cm³/mol. The number of piperidine rings is 1. The normalized spacial score (nSPS) is 14.8. The molecule has 35 heavy (non-hydrogen) atoms. The van der Waals surface area contributed by atoms with Gasteiger partial charge in [0.2, 0.25) is 0 Å². The zero-order valence-corrected chi connectivity index (χ0v) is 19.7. The molecule has 1 aliphatic rings. The number of fused-ring (bicyclic) bond motifs is 1. The maximum Gasteiger partial charge on any atom is 0.269 e. The number of para-hydroxylation sites is 1. The zero-order chi connectivity index (χ0) is 24.2. The number of aromatic nitrogens is 2. The molecule has 0 saturated carbocycles. The van der Waals surface area contributed by atoms with Crippen LogP contribution in [-0.4, -0.2) is 47.7 Å². The van der Waals surface area contributed by atoms with Gasteiger partial charge in [-0.25, -0.2) is 4.98 Å². The van der Waals surface area contributed by atoms with E-state index >= 15 is 0 Å². The number of nitrogens with one attached hydrogen (secondary N) is 1. The number of hydrogen-bond acceptors (Lipinski definition) is 7. The number of rotatable bonds is 7. The van der Waals surface area contributed by atoms with Crippen molar-refractivity contribution in [3.8, 4) is 17.0 Å². The molecule has 1 amide bonds. The molecule has 4 aromatic rings. The number of anilines is 1. The molecule has 3 heterocycles. The zero-order valence-electron chi connectivity index (χ0n) is 19.7. The van der Waals surface area contributed by atoms with Gasteiger partial charge in [-0.05, 0) is 44.0 Å². The fraction of sp³-hybridized carbons (Fsp3) is 0.296. The van der Waals surface area contributed by atoms with Crippen molar-refractivity contribution in [3.05, 3.63) is 72.1 Å². The summed E-state index contributed by atoms with van der Waals surface area (Å²) in [6.45, 7) is 3.24. The lowest BCUT2D eigenvalue weighted by Gasteiger charge is -2.31. The average molecular weight is 472 g/mol. The Bertz CT molecular complexity index is 1310. The Hall–Kier alpha value is -3.91. The third-order valence-electron chi connectivity index (χ3n) is 6.55. The average Bonchev–Trinajstić information content (AvgIpc) is 3.36. The molecule has 8 heteroatoms. The van der Waals surface area contributed by atoms with Crippen LogP contribution in [0.3, 0.4) is 0 Å². The maximum atomic E-state index is 12.8. The Balaban J connectivity index is 1.13. The van der Waals surface area contributed by atoms with E-state index in [1.807, 2.05) is 54.6 Å². The highest BCUT2D eigenvalue weighted by molar-refractivity contribution is 6.00. The van der Waals surface area contributed by atoms with Crippen LogP contribution < -0.4 is 15.8 Å². The number of amides is 1. The Labute approximate surface area is 204 Å². The number of ether oxygens (including phenoxy) is 1. The summed E-state index contributed by atoms with van der Waals surface area (Å²) >= 11 is 0. The molecule has 180 valence electrons. The van der Waals surface area contributed by atoms with Gasteiger partial charge in [-0.1, -0.05) is 47.6 Å². The van der Waals surface area contributed by atoms with Crippen molar-refractivity contribution in [3.63, 3.8) is 0 Å². The highest BCUT2D eigenvalue weighted by Crippen LogP contribution is 2.28. The van der Waals surface area contributed by atoms with Crippen molar-refractivity contribution < 1.29 is 14.1 Å². The Morgan fingerprint density at radius 2 is 1.94 bits per heavy atom. The molecular weight excluding hydrogens is 442 g/mol. The van der Waals surface area contributed by atoms with E-state index in [9.17, 15) is 4.79 Å². The van der Waals surface area contributed by atoms with Crippen LogP contribution in [0.5, 0.6) is 5.75 Å². The lowest BCUT2D eigenvalue weighted by Crippen LogP contribution is -2.38. The summed E-state index contributed by atoms with van der Waals surface area (Å²) in [7, 11) is 1.58. The molecule has 0 radical (unpaired) electrons. The van der Waals surface area contributed by atoms with E-state index in [0.29, 0.717) is 35.1 Å². The van der Waals surface area contributed by atoms with Gasteiger partial charge in [0, 0.05) is 29.2 Å².